The van der Waals surface area contributed by atoms with Gasteiger partial charge in [-0.05, 0) is 25.1 Å². The van der Waals surface area contributed by atoms with Crippen molar-refractivity contribution in [2.24, 2.45) is 0 Å². The fourth-order valence-corrected chi connectivity index (χ4v) is 2.10. The van der Waals surface area contributed by atoms with E-state index in [-0.39, 0.29) is 18.5 Å². The summed E-state index contributed by atoms with van der Waals surface area (Å²) in [7, 11) is 1.72. The van der Waals surface area contributed by atoms with Gasteiger partial charge in [0.15, 0.2) is 12.4 Å². The zero-order chi connectivity index (χ0) is 13.6. The lowest BCUT2D eigenvalue weighted by Crippen LogP contribution is -2.35. The number of nitrogens with two attached hydrogens (primary N) is 1. The first kappa shape index (κ1) is 11.6. The van der Waals surface area contributed by atoms with E-state index in [1.54, 1.807) is 11.9 Å². The Balaban J connectivity index is 2.11. The van der Waals surface area contributed by atoms with Crippen molar-refractivity contribution in [1.82, 2.24) is 4.98 Å². The molecule has 3 rings (SSSR count). The van der Waals surface area contributed by atoms with Gasteiger partial charge in [-0.1, -0.05) is 0 Å². The molecular formula is C13H13N3O3. The van der Waals surface area contributed by atoms with E-state index in [0.717, 1.165) is 5.56 Å². The molecule has 0 radical (unpaired) electrons. The molecule has 0 spiro atoms. The molecule has 0 unspecified atom stereocenters. The number of hydrogen-bond donors (Lipinski definition) is 1. The highest BCUT2D eigenvalue weighted by atomic mass is 16.5. The largest absolute Gasteiger partial charge is 0.482 e. The Hall–Kier alpha value is -2.50. The standard InChI is InChI=1S/C13H13N3O3/c1-7-12(19-13(14)15-7)8-3-4-10-9(5-8)16(2)11(17)6-18-10/h3-5H,6H2,1-2H3,(H2,14,15). The van der Waals surface area contributed by atoms with E-state index >= 15 is 0 Å². The molecule has 1 amide bonds. The van der Waals surface area contributed by atoms with Gasteiger partial charge in [-0.25, -0.2) is 0 Å². The lowest BCUT2D eigenvalue weighted by Gasteiger charge is -2.26. The normalized spacial score (nSPS) is 14.2. The number of amides is 1. The number of ether oxygens (including phenoxy) is 1. The number of fused-ring (bicyclic) bond motifs is 1. The number of nitrogen functional groups attached to an aromatic ring is 1. The molecule has 0 atom stereocenters. The Morgan fingerprint density at radius 2 is 2.21 bits per heavy atom. The number of likely N-dealkylation sites (N-methyl/N-ethyl adjacent to an activating group) is 1. The van der Waals surface area contributed by atoms with E-state index in [1.165, 1.54) is 0 Å². The lowest BCUT2D eigenvalue weighted by molar-refractivity contribution is -0.120. The monoisotopic (exact) mass is 259 g/mol. The Kier molecular flexibility index (Phi) is 2.45. The van der Waals surface area contributed by atoms with Crippen LogP contribution in [0, 0.1) is 6.92 Å². The number of rotatable bonds is 1. The Morgan fingerprint density at radius 1 is 1.42 bits per heavy atom. The first-order chi connectivity index (χ1) is 9.06. The highest BCUT2D eigenvalue weighted by Crippen LogP contribution is 2.36. The van der Waals surface area contributed by atoms with E-state index in [4.69, 9.17) is 14.9 Å². The van der Waals surface area contributed by atoms with Gasteiger partial charge in [0.25, 0.3) is 11.9 Å². The molecule has 19 heavy (non-hydrogen) atoms. The molecule has 1 aliphatic heterocycles. The maximum Gasteiger partial charge on any atom is 0.292 e. The molecule has 2 heterocycles. The smallest absolute Gasteiger partial charge is 0.292 e. The van der Waals surface area contributed by atoms with Gasteiger partial charge in [-0.3, -0.25) is 4.79 Å². The van der Waals surface area contributed by atoms with E-state index in [9.17, 15) is 4.79 Å². The zero-order valence-corrected chi connectivity index (χ0v) is 10.6. The molecule has 0 bridgehead atoms. The Labute approximate surface area is 109 Å². The van der Waals surface area contributed by atoms with Gasteiger partial charge in [0.05, 0.1) is 11.4 Å². The van der Waals surface area contributed by atoms with Crippen LogP contribution in [0.5, 0.6) is 5.75 Å². The first-order valence-electron chi connectivity index (χ1n) is 5.83. The zero-order valence-electron chi connectivity index (χ0n) is 10.6. The number of anilines is 2. The van der Waals surface area contributed by atoms with E-state index in [0.29, 0.717) is 22.9 Å². The third-order valence-corrected chi connectivity index (χ3v) is 3.12. The van der Waals surface area contributed by atoms with Crippen LogP contribution in [0.1, 0.15) is 5.69 Å². The number of oxazole rings is 1. The summed E-state index contributed by atoms with van der Waals surface area (Å²) < 4.78 is 10.7. The van der Waals surface area contributed by atoms with Crippen LogP contribution in [-0.4, -0.2) is 24.5 Å². The fraction of sp³-hybridized carbons (Fsp3) is 0.231. The average molecular weight is 259 g/mol. The summed E-state index contributed by atoms with van der Waals surface area (Å²) in [5, 5.41) is 0. The predicted molar refractivity (Wildman–Crippen MR) is 70.0 cm³/mol. The van der Waals surface area contributed by atoms with Crippen LogP contribution in [0.2, 0.25) is 0 Å². The SMILES string of the molecule is Cc1nc(N)oc1-c1ccc2c(c1)N(C)C(=O)CO2. The predicted octanol–water partition coefficient (Wildman–Crippen LogP) is 1.59. The van der Waals surface area contributed by atoms with Gasteiger partial charge in [0, 0.05) is 12.6 Å². The maximum atomic E-state index is 11.6. The van der Waals surface area contributed by atoms with E-state index < -0.39 is 0 Å². The van der Waals surface area contributed by atoms with Gasteiger partial charge >= 0.3 is 0 Å². The first-order valence-corrected chi connectivity index (χ1v) is 5.83. The van der Waals surface area contributed by atoms with Crippen molar-refractivity contribution in [3.8, 4) is 17.1 Å². The van der Waals surface area contributed by atoms with Gasteiger partial charge in [0.1, 0.15) is 5.75 Å². The van der Waals surface area contributed by atoms with Gasteiger partial charge < -0.3 is 19.8 Å². The number of aryl methyl sites for hydroxylation is 1. The Morgan fingerprint density at radius 3 is 2.89 bits per heavy atom. The maximum absolute atomic E-state index is 11.6. The molecule has 0 aliphatic carbocycles. The second-order valence-corrected chi connectivity index (χ2v) is 4.39. The number of nitrogens with zero attached hydrogens (tertiary/aromatic N) is 2. The van der Waals surface area contributed by atoms with Crippen molar-refractivity contribution in [2.75, 3.05) is 24.3 Å². The fourth-order valence-electron chi connectivity index (χ4n) is 2.10. The summed E-state index contributed by atoms with van der Waals surface area (Å²) in [6.07, 6.45) is 0. The molecule has 0 saturated carbocycles. The highest BCUT2D eigenvalue weighted by molar-refractivity contribution is 5.98. The minimum atomic E-state index is -0.0848. The van der Waals surface area contributed by atoms with Gasteiger partial charge in [-0.2, -0.15) is 4.98 Å². The van der Waals surface area contributed by atoms with E-state index in [1.807, 2.05) is 25.1 Å². The third kappa shape index (κ3) is 1.81. The molecule has 0 saturated heterocycles. The highest BCUT2D eigenvalue weighted by Gasteiger charge is 2.23. The molecule has 2 N–H and O–H groups in total. The molecule has 0 fully saturated rings. The summed E-state index contributed by atoms with van der Waals surface area (Å²) >= 11 is 0. The molecule has 2 aromatic rings. The molecule has 1 aromatic heterocycles. The summed E-state index contributed by atoms with van der Waals surface area (Å²) in [4.78, 5) is 17.2. The van der Waals surface area contributed by atoms with E-state index in [2.05, 4.69) is 4.98 Å². The summed E-state index contributed by atoms with van der Waals surface area (Å²) in [6.45, 7) is 1.89. The van der Waals surface area contributed by atoms with Crippen molar-refractivity contribution in [2.45, 2.75) is 6.92 Å². The van der Waals surface area contributed by atoms with Crippen LogP contribution >= 0.6 is 0 Å². The lowest BCUT2D eigenvalue weighted by atomic mass is 10.1. The quantitative estimate of drug-likeness (QED) is 0.841. The average Bonchev–Trinajstić information content (AvgIpc) is 2.73. The summed E-state index contributed by atoms with van der Waals surface area (Å²) in [5.41, 5.74) is 7.77. The van der Waals surface area contributed by atoms with Crippen molar-refractivity contribution < 1.29 is 13.9 Å². The minimum Gasteiger partial charge on any atom is -0.482 e. The summed E-state index contributed by atoms with van der Waals surface area (Å²) in [5.74, 6) is 1.20. The van der Waals surface area contributed by atoms with Crippen LogP contribution in [0.3, 0.4) is 0 Å². The van der Waals surface area contributed by atoms with Crippen molar-refractivity contribution >= 4 is 17.6 Å². The van der Waals surface area contributed by atoms with Crippen LogP contribution in [0.15, 0.2) is 22.6 Å². The number of carbonyl (C=O) groups is 1. The van der Waals surface area contributed by atoms with Crippen LogP contribution in [0.25, 0.3) is 11.3 Å². The topological polar surface area (TPSA) is 81.6 Å². The Bertz CT molecular complexity index is 663. The van der Waals surface area contributed by atoms with Crippen molar-refractivity contribution in [3.63, 3.8) is 0 Å². The van der Waals surface area contributed by atoms with Crippen molar-refractivity contribution in [3.05, 3.63) is 23.9 Å². The molecule has 6 heteroatoms. The molecule has 98 valence electrons. The molecule has 1 aliphatic rings. The number of carbonyl (C=O) groups excluding carboxylic acids is 1. The van der Waals surface area contributed by atoms with Crippen LogP contribution in [-0.2, 0) is 4.79 Å². The minimum absolute atomic E-state index is 0.0666. The van der Waals surface area contributed by atoms with Crippen LogP contribution in [0.4, 0.5) is 11.7 Å². The molecule has 6 nitrogen and oxygen atoms in total. The van der Waals surface area contributed by atoms with Crippen molar-refractivity contribution in [1.29, 1.82) is 0 Å². The third-order valence-electron chi connectivity index (χ3n) is 3.12. The van der Waals surface area contributed by atoms with Crippen LogP contribution < -0.4 is 15.4 Å². The second kappa shape index (κ2) is 4.01. The molecule has 1 aromatic carbocycles. The number of hydrogen-bond acceptors (Lipinski definition) is 5. The van der Waals surface area contributed by atoms with Gasteiger partial charge in [0.2, 0.25) is 0 Å². The van der Waals surface area contributed by atoms with Gasteiger partial charge in [-0.15, -0.1) is 0 Å². The second-order valence-electron chi connectivity index (χ2n) is 4.39. The number of aromatic nitrogens is 1. The summed E-state index contributed by atoms with van der Waals surface area (Å²) in [6, 6.07) is 5.63. The number of benzene rings is 1. The molecular weight excluding hydrogens is 246 g/mol.